The molecule has 0 radical (unpaired) electrons. The predicted octanol–water partition coefficient (Wildman–Crippen LogP) is 5.93. The van der Waals surface area contributed by atoms with Crippen LogP contribution in [0.5, 0.6) is 5.75 Å². The number of imidazole rings is 1. The van der Waals surface area contributed by atoms with Gasteiger partial charge in [-0.15, -0.1) is 10.2 Å². The second kappa shape index (κ2) is 8.57. The van der Waals surface area contributed by atoms with Gasteiger partial charge in [0.05, 0.1) is 24.7 Å². The summed E-state index contributed by atoms with van der Waals surface area (Å²) < 4.78 is 13.1. The number of nitrogens with zero attached hydrogens (tertiary/aromatic N) is 5. The quantitative estimate of drug-likeness (QED) is 0.241. The van der Waals surface area contributed by atoms with Crippen molar-refractivity contribution in [2.75, 3.05) is 7.11 Å². The second-order valence-corrected chi connectivity index (χ2v) is 7.89. The minimum Gasteiger partial charge on any atom is -0.497 e. The van der Waals surface area contributed by atoms with Crippen molar-refractivity contribution in [3.8, 4) is 22.9 Å². The van der Waals surface area contributed by atoms with E-state index >= 15 is 0 Å². The lowest BCUT2D eigenvalue weighted by molar-refractivity contribution is 0.415. The molecule has 0 saturated carbocycles. The predicted molar refractivity (Wildman–Crippen MR) is 123 cm³/mol. The molecule has 0 aliphatic carbocycles. The highest BCUT2D eigenvalue weighted by atomic mass is 32.2. The lowest BCUT2D eigenvalue weighted by Crippen LogP contribution is -1.92. The molecule has 8 heteroatoms. The van der Waals surface area contributed by atoms with Gasteiger partial charge in [-0.2, -0.15) is 0 Å². The van der Waals surface area contributed by atoms with E-state index in [2.05, 4.69) is 20.0 Å². The van der Waals surface area contributed by atoms with Crippen LogP contribution in [0.3, 0.4) is 0 Å². The van der Waals surface area contributed by atoms with Gasteiger partial charge < -0.3 is 9.15 Å². The first-order valence-corrected chi connectivity index (χ1v) is 10.8. The first-order chi connectivity index (χ1) is 15.7. The number of methoxy groups -OCH3 is 1. The van der Waals surface area contributed by atoms with E-state index in [9.17, 15) is 0 Å². The Balaban J connectivity index is 1.39. The summed E-state index contributed by atoms with van der Waals surface area (Å²) in [6, 6.07) is 21.2. The smallest absolute Gasteiger partial charge is 0.277 e. The SMILES string of the molecule is [C-]#[N+]c1cccc(CSc2nnc(-c3ccc4ncn(-c5ccc(OC)cc5)c4c3)o2)c1. The Labute approximate surface area is 188 Å². The molecule has 0 fully saturated rings. The summed E-state index contributed by atoms with van der Waals surface area (Å²) in [6.07, 6.45) is 1.79. The molecule has 0 spiro atoms. The largest absolute Gasteiger partial charge is 0.497 e. The standard InChI is InChI=1S/C24H17N5O2S/c1-25-18-5-3-4-16(12-18)14-32-24-28-27-23(31-24)17-6-11-21-22(13-17)29(15-26-21)19-7-9-20(30-2)10-8-19/h3-13,15H,14H2,2H3. The molecular weight excluding hydrogens is 422 g/mol. The number of ether oxygens (including phenoxy) is 1. The fourth-order valence-corrected chi connectivity index (χ4v) is 4.04. The summed E-state index contributed by atoms with van der Waals surface area (Å²) in [5, 5.41) is 8.87. The number of hydrogen-bond donors (Lipinski definition) is 0. The molecule has 5 rings (SSSR count). The van der Waals surface area contributed by atoms with Crippen molar-refractivity contribution >= 4 is 28.5 Å². The van der Waals surface area contributed by atoms with Gasteiger partial charge in [0.1, 0.15) is 12.1 Å². The average molecular weight is 440 g/mol. The van der Waals surface area contributed by atoms with Crippen LogP contribution >= 0.6 is 11.8 Å². The molecule has 5 aromatic rings. The summed E-state index contributed by atoms with van der Waals surface area (Å²) in [5.74, 6) is 1.90. The Morgan fingerprint density at radius 1 is 1.06 bits per heavy atom. The second-order valence-electron chi connectivity index (χ2n) is 6.96. The van der Waals surface area contributed by atoms with Crippen LogP contribution in [-0.4, -0.2) is 26.9 Å². The number of hydrogen-bond acceptors (Lipinski definition) is 6. The van der Waals surface area contributed by atoms with Gasteiger partial charge in [-0.1, -0.05) is 36.0 Å². The normalized spacial score (nSPS) is 10.9. The van der Waals surface area contributed by atoms with Crippen LogP contribution in [0.25, 0.3) is 33.0 Å². The molecular formula is C24H17N5O2S. The first kappa shape index (κ1) is 19.8. The van der Waals surface area contributed by atoms with E-state index in [1.165, 1.54) is 11.8 Å². The maximum absolute atomic E-state index is 7.13. The summed E-state index contributed by atoms with van der Waals surface area (Å²) in [6.45, 7) is 7.13. The number of fused-ring (bicyclic) bond motifs is 1. The zero-order chi connectivity index (χ0) is 21.9. The van der Waals surface area contributed by atoms with Gasteiger partial charge in [0, 0.05) is 17.0 Å². The molecule has 2 aromatic heterocycles. The van der Waals surface area contributed by atoms with Crippen molar-refractivity contribution in [1.82, 2.24) is 19.7 Å². The van der Waals surface area contributed by atoms with Gasteiger partial charge in [-0.25, -0.2) is 9.83 Å². The number of rotatable bonds is 6. The fraction of sp³-hybridized carbons (Fsp3) is 0.0833. The number of thioether (sulfide) groups is 1. The minimum absolute atomic E-state index is 0.451. The lowest BCUT2D eigenvalue weighted by atomic mass is 10.2. The maximum Gasteiger partial charge on any atom is 0.277 e. The van der Waals surface area contributed by atoms with E-state index in [0.717, 1.165) is 33.6 Å². The molecule has 0 amide bonds. The van der Waals surface area contributed by atoms with E-state index in [1.54, 1.807) is 19.5 Å². The van der Waals surface area contributed by atoms with Crippen molar-refractivity contribution < 1.29 is 9.15 Å². The van der Waals surface area contributed by atoms with Gasteiger partial charge in [0.15, 0.2) is 5.69 Å². The Hall–Kier alpha value is -4.09. The zero-order valence-electron chi connectivity index (χ0n) is 17.1. The fourth-order valence-electron chi connectivity index (χ4n) is 3.33. The Kier molecular flexibility index (Phi) is 5.32. The van der Waals surface area contributed by atoms with E-state index in [1.807, 2.05) is 65.2 Å². The van der Waals surface area contributed by atoms with Gasteiger partial charge in [0.25, 0.3) is 5.22 Å². The molecule has 0 aliphatic heterocycles. The molecule has 0 N–H and O–H groups in total. The third kappa shape index (κ3) is 3.94. The van der Waals surface area contributed by atoms with Gasteiger partial charge in [0.2, 0.25) is 5.89 Å². The molecule has 0 bridgehead atoms. The molecule has 0 aliphatic rings. The van der Waals surface area contributed by atoms with Crippen molar-refractivity contribution in [1.29, 1.82) is 0 Å². The third-order valence-electron chi connectivity index (χ3n) is 4.95. The van der Waals surface area contributed by atoms with Crippen molar-refractivity contribution in [3.63, 3.8) is 0 Å². The molecule has 156 valence electrons. The highest BCUT2D eigenvalue weighted by molar-refractivity contribution is 7.98. The minimum atomic E-state index is 0.451. The van der Waals surface area contributed by atoms with Crippen molar-refractivity contribution in [2.24, 2.45) is 0 Å². The lowest BCUT2D eigenvalue weighted by Gasteiger charge is -2.06. The highest BCUT2D eigenvalue weighted by Gasteiger charge is 2.13. The van der Waals surface area contributed by atoms with Crippen LogP contribution in [-0.2, 0) is 5.75 Å². The van der Waals surface area contributed by atoms with Crippen LogP contribution in [0.4, 0.5) is 5.69 Å². The monoisotopic (exact) mass is 439 g/mol. The molecule has 0 saturated heterocycles. The summed E-state index contributed by atoms with van der Waals surface area (Å²) in [5.41, 5.74) is 5.27. The average Bonchev–Trinajstić information content (AvgIpc) is 3.50. The third-order valence-corrected chi connectivity index (χ3v) is 5.84. The van der Waals surface area contributed by atoms with Gasteiger partial charge in [-0.3, -0.25) is 4.57 Å². The van der Waals surface area contributed by atoms with Gasteiger partial charge >= 0.3 is 0 Å². The van der Waals surface area contributed by atoms with Crippen LogP contribution in [0.15, 0.2) is 82.7 Å². The zero-order valence-corrected chi connectivity index (χ0v) is 17.9. The number of benzene rings is 3. The van der Waals surface area contributed by atoms with Crippen LogP contribution < -0.4 is 4.74 Å². The molecule has 32 heavy (non-hydrogen) atoms. The van der Waals surface area contributed by atoms with E-state index in [4.69, 9.17) is 15.7 Å². The summed E-state index contributed by atoms with van der Waals surface area (Å²) >= 11 is 1.44. The Bertz CT molecular complexity index is 1430. The first-order valence-electron chi connectivity index (χ1n) is 9.78. The topological polar surface area (TPSA) is 70.3 Å². The van der Waals surface area contributed by atoms with Crippen molar-refractivity contribution in [3.05, 3.63) is 90.0 Å². The summed E-state index contributed by atoms with van der Waals surface area (Å²) in [7, 11) is 1.65. The highest BCUT2D eigenvalue weighted by Crippen LogP contribution is 2.29. The molecule has 0 unspecified atom stereocenters. The molecule has 3 aromatic carbocycles. The molecule has 0 atom stereocenters. The van der Waals surface area contributed by atoms with Crippen LogP contribution in [0.1, 0.15) is 5.56 Å². The Morgan fingerprint density at radius 3 is 2.75 bits per heavy atom. The van der Waals surface area contributed by atoms with Crippen LogP contribution in [0.2, 0.25) is 0 Å². The molecule has 2 heterocycles. The maximum atomic E-state index is 7.13. The molecule has 7 nitrogen and oxygen atoms in total. The van der Waals surface area contributed by atoms with E-state index < -0.39 is 0 Å². The van der Waals surface area contributed by atoms with Crippen LogP contribution in [0, 0.1) is 6.57 Å². The van der Waals surface area contributed by atoms with Crippen molar-refractivity contribution in [2.45, 2.75) is 11.0 Å². The van der Waals surface area contributed by atoms with E-state index in [0.29, 0.717) is 22.6 Å². The van der Waals surface area contributed by atoms with Gasteiger partial charge in [-0.05, 0) is 48.0 Å². The number of aromatic nitrogens is 4. The van der Waals surface area contributed by atoms with E-state index in [-0.39, 0.29) is 0 Å². The summed E-state index contributed by atoms with van der Waals surface area (Å²) in [4.78, 5) is 7.96. The Morgan fingerprint density at radius 2 is 1.94 bits per heavy atom.